The van der Waals surface area contributed by atoms with Crippen LogP contribution in [0.2, 0.25) is 0 Å². The number of nitrogens with zero attached hydrogens (tertiary/aromatic N) is 6. The van der Waals surface area contributed by atoms with Gasteiger partial charge in [-0.15, -0.1) is 10.2 Å². The zero-order valence-corrected chi connectivity index (χ0v) is 25.7. The lowest BCUT2D eigenvalue weighted by atomic mass is 9.57. The number of benzene rings is 1. The quantitative estimate of drug-likeness (QED) is 0.372. The molecule has 1 saturated carbocycles. The van der Waals surface area contributed by atoms with Crippen LogP contribution in [0, 0.1) is 23.2 Å². The van der Waals surface area contributed by atoms with Gasteiger partial charge in [-0.3, -0.25) is 9.69 Å². The first kappa shape index (κ1) is 28.5. The molecule has 6 rings (SSSR count). The Hall–Kier alpha value is -3.57. The van der Waals surface area contributed by atoms with E-state index in [2.05, 4.69) is 72.4 Å². The van der Waals surface area contributed by atoms with Gasteiger partial charge in [-0.05, 0) is 98.7 Å². The van der Waals surface area contributed by atoms with Crippen molar-refractivity contribution in [2.24, 2.45) is 18.9 Å². The van der Waals surface area contributed by atoms with Crippen molar-refractivity contribution >= 4 is 11.6 Å². The summed E-state index contributed by atoms with van der Waals surface area (Å²) in [5.41, 5.74) is 5.62. The predicted molar refractivity (Wildman–Crippen MR) is 163 cm³/mol. The van der Waals surface area contributed by atoms with Gasteiger partial charge in [0.25, 0.3) is 5.91 Å². The van der Waals surface area contributed by atoms with Gasteiger partial charge in [0.15, 0.2) is 0 Å². The van der Waals surface area contributed by atoms with Gasteiger partial charge in [0.2, 0.25) is 0 Å². The van der Waals surface area contributed by atoms with Gasteiger partial charge in [-0.2, -0.15) is 5.26 Å². The summed E-state index contributed by atoms with van der Waals surface area (Å²) < 4.78 is 1.97. The SMILES string of the molecule is CC(c1cc(C(=O)Nc2cccc(C3(c4nncn4C)CC(CC#N)C3)c2)nc2c1CCC2(C)C)N1CCC[C@H](C)C1. The monoisotopic (exact) mass is 565 g/mol. The number of hydrogen-bond acceptors (Lipinski definition) is 6. The van der Waals surface area contributed by atoms with Gasteiger partial charge >= 0.3 is 0 Å². The Morgan fingerprint density at radius 3 is 2.79 bits per heavy atom. The molecule has 2 aromatic heterocycles. The summed E-state index contributed by atoms with van der Waals surface area (Å²) in [5.74, 6) is 1.74. The number of fused-ring (bicyclic) bond motifs is 1. The van der Waals surface area contributed by atoms with Crippen LogP contribution in [-0.2, 0) is 24.3 Å². The van der Waals surface area contributed by atoms with E-state index in [0.717, 1.165) is 61.5 Å². The Bertz CT molecular complexity index is 1530. The molecule has 42 heavy (non-hydrogen) atoms. The first-order valence-electron chi connectivity index (χ1n) is 15.5. The van der Waals surface area contributed by atoms with E-state index in [0.29, 0.717) is 24.0 Å². The number of nitrogens with one attached hydrogen (secondary N) is 1. The third-order valence-electron chi connectivity index (χ3n) is 10.2. The molecule has 0 bridgehead atoms. The highest BCUT2D eigenvalue weighted by Crippen LogP contribution is 2.53. The maximum atomic E-state index is 13.8. The van der Waals surface area contributed by atoms with Crippen molar-refractivity contribution in [3.63, 3.8) is 0 Å². The van der Waals surface area contributed by atoms with Crippen LogP contribution in [0.1, 0.15) is 111 Å². The van der Waals surface area contributed by atoms with Crippen molar-refractivity contribution in [1.82, 2.24) is 24.6 Å². The van der Waals surface area contributed by atoms with E-state index in [-0.39, 0.29) is 22.8 Å². The Morgan fingerprint density at radius 1 is 1.26 bits per heavy atom. The second-order valence-corrected chi connectivity index (χ2v) is 13.7. The molecule has 1 amide bonds. The first-order chi connectivity index (χ1) is 20.1. The number of anilines is 1. The average Bonchev–Trinajstić information content (AvgIpc) is 3.51. The minimum Gasteiger partial charge on any atom is -0.321 e. The molecule has 3 aliphatic rings. The summed E-state index contributed by atoms with van der Waals surface area (Å²) in [6.45, 7) is 11.3. The molecule has 8 nitrogen and oxygen atoms in total. The van der Waals surface area contributed by atoms with Crippen LogP contribution in [0.15, 0.2) is 36.7 Å². The molecule has 1 aliphatic heterocycles. The number of amides is 1. The highest BCUT2D eigenvalue weighted by molar-refractivity contribution is 6.03. The lowest BCUT2D eigenvalue weighted by Crippen LogP contribution is -2.44. The summed E-state index contributed by atoms with van der Waals surface area (Å²) in [6.07, 6.45) is 8.51. The van der Waals surface area contributed by atoms with Crippen molar-refractivity contribution in [3.8, 4) is 6.07 Å². The number of likely N-dealkylation sites (tertiary alicyclic amines) is 1. The summed E-state index contributed by atoms with van der Waals surface area (Å²) in [4.78, 5) is 21.4. The molecule has 1 unspecified atom stereocenters. The van der Waals surface area contributed by atoms with Crippen molar-refractivity contribution in [1.29, 1.82) is 5.26 Å². The second-order valence-electron chi connectivity index (χ2n) is 13.7. The number of rotatable bonds is 7. The van der Waals surface area contributed by atoms with Crippen LogP contribution in [0.5, 0.6) is 0 Å². The highest BCUT2D eigenvalue weighted by atomic mass is 16.1. The number of carbonyl (C=O) groups is 1. The molecular weight excluding hydrogens is 522 g/mol. The van der Waals surface area contributed by atoms with Gasteiger partial charge < -0.3 is 9.88 Å². The Labute approximate surface area is 249 Å². The third kappa shape index (κ3) is 5.02. The summed E-state index contributed by atoms with van der Waals surface area (Å²) in [6, 6.07) is 12.7. The smallest absolute Gasteiger partial charge is 0.274 e. The van der Waals surface area contributed by atoms with Crippen LogP contribution >= 0.6 is 0 Å². The first-order valence-corrected chi connectivity index (χ1v) is 15.5. The molecule has 2 atom stereocenters. The number of aromatic nitrogens is 4. The van der Waals surface area contributed by atoms with Crippen LogP contribution < -0.4 is 5.32 Å². The second kappa shape index (κ2) is 10.9. The van der Waals surface area contributed by atoms with E-state index in [1.54, 1.807) is 6.33 Å². The van der Waals surface area contributed by atoms with Gasteiger partial charge in [0.1, 0.15) is 17.8 Å². The number of pyridine rings is 1. The molecule has 3 heterocycles. The van der Waals surface area contributed by atoms with Gasteiger partial charge in [0.05, 0.1) is 17.2 Å². The standard InChI is InChI=1S/C34H43N7O/c1-22-8-7-15-41(20-22)23(2)28-17-29(38-30-27(28)11-13-33(30,3)4)31(42)37-26-10-6-9-25(16-26)34(18-24(19-34)12-14-35)32-39-36-21-40(32)5/h6,9-10,16-17,21-24H,7-8,11-13,15,18-20H2,1-5H3,(H,37,42)/t22-,23?,24?,34?/m0/s1. The van der Waals surface area contributed by atoms with E-state index in [9.17, 15) is 10.1 Å². The van der Waals surface area contributed by atoms with Crippen molar-refractivity contribution < 1.29 is 4.79 Å². The zero-order chi connectivity index (χ0) is 29.6. The van der Waals surface area contributed by atoms with E-state index < -0.39 is 0 Å². The number of nitriles is 1. The summed E-state index contributed by atoms with van der Waals surface area (Å²) in [7, 11) is 1.96. The minimum atomic E-state index is -0.322. The highest BCUT2D eigenvalue weighted by Gasteiger charge is 2.49. The Morgan fingerprint density at radius 2 is 2.07 bits per heavy atom. The fourth-order valence-corrected chi connectivity index (χ4v) is 7.79. The fraction of sp³-hybridized carbons (Fsp3) is 0.559. The molecule has 1 aromatic carbocycles. The van der Waals surface area contributed by atoms with Gasteiger partial charge in [-0.25, -0.2) is 4.98 Å². The molecule has 2 fully saturated rings. The number of aryl methyl sites for hydroxylation is 1. The lowest BCUT2D eigenvalue weighted by molar-refractivity contribution is 0.102. The van der Waals surface area contributed by atoms with Crippen LogP contribution in [0.25, 0.3) is 0 Å². The van der Waals surface area contributed by atoms with E-state index in [1.165, 1.54) is 24.0 Å². The van der Waals surface area contributed by atoms with Crippen molar-refractivity contribution in [2.75, 3.05) is 18.4 Å². The molecule has 1 N–H and O–H groups in total. The van der Waals surface area contributed by atoms with Crippen LogP contribution in [-0.4, -0.2) is 43.6 Å². The maximum Gasteiger partial charge on any atom is 0.274 e. The number of hydrogen-bond donors (Lipinski definition) is 1. The summed E-state index contributed by atoms with van der Waals surface area (Å²) >= 11 is 0. The number of piperidine rings is 1. The predicted octanol–water partition coefficient (Wildman–Crippen LogP) is 6.09. The molecule has 220 valence electrons. The van der Waals surface area contributed by atoms with Crippen molar-refractivity contribution in [2.45, 2.75) is 89.5 Å². The molecule has 2 aliphatic carbocycles. The average molecular weight is 566 g/mol. The van der Waals surface area contributed by atoms with Gasteiger partial charge in [0, 0.05) is 37.2 Å². The summed E-state index contributed by atoms with van der Waals surface area (Å²) in [5, 5.41) is 21.1. The number of carbonyl (C=O) groups excluding carboxylic acids is 1. The molecule has 0 radical (unpaired) electrons. The largest absolute Gasteiger partial charge is 0.321 e. The Kier molecular flexibility index (Phi) is 7.43. The van der Waals surface area contributed by atoms with Crippen molar-refractivity contribution in [3.05, 3.63) is 70.6 Å². The molecule has 3 aromatic rings. The van der Waals surface area contributed by atoms with Crippen LogP contribution in [0.3, 0.4) is 0 Å². The molecular formula is C34H43N7O. The minimum absolute atomic E-state index is 0.0537. The fourth-order valence-electron chi connectivity index (χ4n) is 7.79. The van der Waals surface area contributed by atoms with Gasteiger partial charge in [-0.1, -0.05) is 32.9 Å². The Balaban J connectivity index is 1.30. The van der Waals surface area contributed by atoms with E-state index >= 15 is 0 Å². The molecule has 8 heteroatoms. The van der Waals surface area contributed by atoms with Crippen LogP contribution in [0.4, 0.5) is 5.69 Å². The third-order valence-corrected chi connectivity index (χ3v) is 10.2. The normalized spacial score (nSPS) is 25.7. The molecule has 1 saturated heterocycles. The zero-order valence-electron chi connectivity index (χ0n) is 25.7. The lowest BCUT2D eigenvalue weighted by Gasteiger charge is -2.46. The topological polar surface area (TPSA) is 99.7 Å². The van der Waals surface area contributed by atoms with E-state index in [4.69, 9.17) is 4.98 Å². The maximum absolute atomic E-state index is 13.8. The molecule has 0 spiro atoms. The van der Waals surface area contributed by atoms with E-state index in [1.807, 2.05) is 23.7 Å².